The van der Waals surface area contributed by atoms with E-state index >= 15 is 0 Å². The van der Waals surface area contributed by atoms with Crippen LogP contribution in [0.2, 0.25) is 0 Å². The van der Waals surface area contributed by atoms with Crippen LogP contribution in [0.4, 0.5) is 0 Å². The third-order valence-electron chi connectivity index (χ3n) is 4.06. The molecule has 0 bridgehead atoms. The van der Waals surface area contributed by atoms with Crippen molar-refractivity contribution in [2.75, 3.05) is 33.2 Å². The highest BCUT2D eigenvalue weighted by atomic mass is 15.3. The van der Waals surface area contributed by atoms with Crippen LogP contribution in [0.25, 0.3) is 11.0 Å². The molecule has 0 N–H and O–H groups in total. The number of aromatic nitrogens is 2. The van der Waals surface area contributed by atoms with Gasteiger partial charge in [-0.1, -0.05) is 6.07 Å². The molecular weight excluding hydrogens is 236 g/mol. The highest BCUT2D eigenvalue weighted by Crippen LogP contribution is 2.23. The maximum absolute atomic E-state index is 4.39. The second-order valence-electron chi connectivity index (χ2n) is 5.32. The summed E-state index contributed by atoms with van der Waals surface area (Å²) in [6, 6.07) is 6.87. The summed E-state index contributed by atoms with van der Waals surface area (Å²) in [7, 11) is 2.19. The second kappa shape index (κ2) is 5.23. The van der Waals surface area contributed by atoms with Crippen LogP contribution >= 0.6 is 0 Å². The minimum Gasteiger partial charge on any atom is -0.304 e. The van der Waals surface area contributed by atoms with Gasteiger partial charge in [0.1, 0.15) is 0 Å². The van der Waals surface area contributed by atoms with Crippen molar-refractivity contribution >= 4 is 11.0 Å². The Labute approximate surface area is 114 Å². The van der Waals surface area contributed by atoms with Gasteiger partial charge in [0, 0.05) is 44.6 Å². The molecule has 1 aromatic carbocycles. The normalized spacial score (nSPS) is 19.7. The van der Waals surface area contributed by atoms with E-state index in [4.69, 9.17) is 0 Å². The summed E-state index contributed by atoms with van der Waals surface area (Å²) in [6.07, 6.45) is 3.50. The van der Waals surface area contributed by atoms with Gasteiger partial charge in [-0.2, -0.15) is 0 Å². The van der Waals surface area contributed by atoms with E-state index in [0.29, 0.717) is 6.04 Å². The Hall–Kier alpha value is -1.52. The molecule has 19 heavy (non-hydrogen) atoms. The molecule has 100 valence electrons. The monoisotopic (exact) mass is 256 g/mol. The lowest BCUT2D eigenvalue weighted by Crippen LogP contribution is -2.45. The van der Waals surface area contributed by atoms with Gasteiger partial charge in [-0.15, -0.1) is 0 Å². The molecule has 4 heteroatoms. The van der Waals surface area contributed by atoms with E-state index in [1.165, 1.54) is 5.56 Å². The molecule has 0 aliphatic carbocycles. The van der Waals surface area contributed by atoms with E-state index in [0.717, 1.165) is 37.2 Å². The number of fused-ring (bicyclic) bond motifs is 1. The number of rotatable bonds is 2. The summed E-state index contributed by atoms with van der Waals surface area (Å²) in [5.41, 5.74) is 3.29. The molecule has 1 atom stereocenters. The zero-order chi connectivity index (χ0) is 13.2. The molecule has 2 aromatic rings. The number of likely N-dealkylation sites (N-methyl/N-ethyl adjacent to an activating group) is 1. The maximum Gasteiger partial charge on any atom is 0.0890 e. The van der Waals surface area contributed by atoms with E-state index in [-0.39, 0.29) is 0 Å². The van der Waals surface area contributed by atoms with Crippen LogP contribution in [0, 0.1) is 0 Å². The first-order valence-electron chi connectivity index (χ1n) is 6.87. The van der Waals surface area contributed by atoms with Gasteiger partial charge in [-0.25, -0.2) is 0 Å². The Morgan fingerprint density at radius 3 is 2.42 bits per heavy atom. The highest BCUT2D eigenvalue weighted by molar-refractivity contribution is 5.74. The first-order chi connectivity index (χ1) is 9.24. The molecule has 0 radical (unpaired) electrons. The third-order valence-corrected chi connectivity index (χ3v) is 4.06. The molecule has 4 nitrogen and oxygen atoms in total. The zero-order valence-corrected chi connectivity index (χ0v) is 11.6. The second-order valence-corrected chi connectivity index (χ2v) is 5.32. The van der Waals surface area contributed by atoms with Crippen molar-refractivity contribution in [2.45, 2.75) is 13.0 Å². The first-order valence-corrected chi connectivity index (χ1v) is 6.87. The quantitative estimate of drug-likeness (QED) is 0.822. The highest BCUT2D eigenvalue weighted by Gasteiger charge is 2.20. The molecule has 1 unspecified atom stereocenters. The molecule has 3 rings (SSSR count). The molecule has 1 aromatic heterocycles. The standard InChI is InChI=1S/C15H20N4/c1-12(19-9-7-18(2)8-10-19)13-3-4-14-15(11-13)17-6-5-16-14/h3-6,11-12H,7-10H2,1-2H3. The Kier molecular flexibility index (Phi) is 3.44. The topological polar surface area (TPSA) is 32.3 Å². The van der Waals surface area contributed by atoms with Crippen molar-refractivity contribution in [1.29, 1.82) is 0 Å². The summed E-state index contributed by atoms with van der Waals surface area (Å²) in [5.74, 6) is 0. The molecule has 0 amide bonds. The Bertz CT molecular complexity index is 561. The fraction of sp³-hybridized carbons (Fsp3) is 0.467. The van der Waals surface area contributed by atoms with Crippen molar-refractivity contribution in [3.05, 3.63) is 36.2 Å². The fourth-order valence-corrected chi connectivity index (χ4v) is 2.66. The van der Waals surface area contributed by atoms with Crippen molar-refractivity contribution in [1.82, 2.24) is 19.8 Å². The minimum atomic E-state index is 0.445. The van der Waals surface area contributed by atoms with Gasteiger partial charge in [-0.3, -0.25) is 14.9 Å². The van der Waals surface area contributed by atoms with Gasteiger partial charge in [0.2, 0.25) is 0 Å². The number of hydrogen-bond acceptors (Lipinski definition) is 4. The Morgan fingerprint density at radius 2 is 1.68 bits per heavy atom. The molecular formula is C15H20N4. The summed E-state index contributed by atoms with van der Waals surface area (Å²) in [5, 5.41) is 0. The van der Waals surface area contributed by atoms with Crippen molar-refractivity contribution in [3.63, 3.8) is 0 Å². The van der Waals surface area contributed by atoms with Crippen molar-refractivity contribution < 1.29 is 0 Å². The lowest BCUT2D eigenvalue weighted by Gasteiger charge is -2.36. The van der Waals surface area contributed by atoms with E-state index in [2.05, 4.69) is 51.9 Å². The van der Waals surface area contributed by atoms with E-state index < -0.39 is 0 Å². The predicted octanol–water partition coefficient (Wildman–Crippen LogP) is 1.94. The van der Waals surface area contributed by atoms with Crippen LogP contribution in [0.1, 0.15) is 18.5 Å². The predicted molar refractivity (Wildman–Crippen MR) is 77.0 cm³/mol. The molecule has 1 aliphatic heterocycles. The van der Waals surface area contributed by atoms with Crippen LogP contribution in [-0.4, -0.2) is 53.0 Å². The van der Waals surface area contributed by atoms with E-state index in [1.54, 1.807) is 12.4 Å². The van der Waals surface area contributed by atoms with Crippen molar-refractivity contribution in [2.24, 2.45) is 0 Å². The van der Waals surface area contributed by atoms with Gasteiger partial charge in [0.05, 0.1) is 11.0 Å². The van der Waals surface area contributed by atoms with E-state index in [9.17, 15) is 0 Å². The van der Waals surface area contributed by atoms with Crippen LogP contribution in [0.15, 0.2) is 30.6 Å². The smallest absolute Gasteiger partial charge is 0.0890 e. The first kappa shape index (κ1) is 12.5. The zero-order valence-electron chi connectivity index (χ0n) is 11.6. The van der Waals surface area contributed by atoms with Crippen molar-refractivity contribution in [3.8, 4) is 0 Å². The lowest BCUT2D eigenvalue weighted by atomic mass is 10.1. The summed E-state index contributed by atoms with van der Waals surface area (Å²) >= 11 is 0. The molecule has 0 spiro atoms. The summed E-state index contributed by atoms with van der Waals surface area (Å²) in [6.45, 7) is 6.85. The van der Waals surface area contributed by atoms with Crippen LogP contribution in [0.5, 0.6) is 0 Å². The molecule has 1 saturated heterocycles. The third kappa shape index (κ3) is 2.60. The molecule has 1 fully saturated rings. The SMILES string of the molecule is CC(c1ccc2nccnc2c1)N1CCN(C)CC1. The molecule has 1 aliphatic rings. The Balaban J connectivity index is 1.83. The van der Waals surface area contributed by atoms with Gasteiger partial charge in [0.15, 0.2) is 0 Å². The lowest BCUT2D eigenvalue weighted by molar-refractivity contribution is 0.119. The van der Waals surface area contributed by atoms with Gasteiger partial charge >= 0.3 is 0 Å². The van der Waals surface area contributed by atoms with Crippen LogP contribution in [0.3, 0.4) is 0 Å². The minimum absolute atomic E-state index is 0.445. The molecule has 2 heterocycles. The van der Waals surface area contributed by atoms with Gasteiger partial charge in [0.25, 0.3) is 0 Å². The van der Waals surface area contributed by atoms with Gasteiger partial charge in [-0.05, 0) is 31.7 Å². The van der Waals surface area contributed by atoms with E-state index in [1.807, 2.05) is 0 Å². The molecule has 0 saturated carbocycles. The largest absolute Gasteiger partial charge is 0.304 e. The van der Waals surface area contributed by atoms with Crippen LogP contribution < -0.4 is 0 Å². The van der Waals surface area contributed by atoms with Crippen LogP contribution in [-0.2, 0) is 0 Å². The summed E-state index contributed by atoms with van der Waals surface area (Å²) in [4.78, 5) is 13.6. The maximum atomic E-state index is 4.39. The fourth-order valence-electron chi connectivity index (χ4n) is 2.66. The average Bonchev–Trinajstić information content (AvgIpc) is 2.47. The number of piperazine rings is 1. The number of nitrogens with zero attached hydrogens (tertiary/aromatic N) is 4. The van der Waals surface area contributed by atoms with Gasteiger partial charge < -0.3 is 4.90 Å². The average molecular weight is 256 g/mol. The summed E-state index contributed by atoms with van der Waals surface area (Å²) < 4.78 is 0. The number of benzene rings is 1. The number of hydrogen-bond donors (Lipinski definition) is 0. The Morgan fingerprint density at radius 1 is 1.00 bits per heavy atom.